The molecule has 0 aliphatic rings. The fourth-order valence-corrected chi connectivity index (χ4v) is 2.06. The lowest BCUT2D eigenvalue weighted by Gasteiger charge is -1.98. The predicted octanol–water partition coefficient (Wildman–Crippen LogP) is 5.18. The number of oxazole rings is 1. The van der Waals surface area contributed by atoms with Crippen LogP contribution in [0, 0.1) is 0 Å². The van der Waals surface area contributed by atoms with Crippen molar-refractivity contribution in [3.8, 4) is 11.1 Å². The SMILES string of the molecule is c1ccc(-c2ccccc2)cc1.c1ccc2ocnc2c1. The average Bonchev–Trinajstić information content (AvgIpc) is 3.06. The van der Waals surface area contributed by atoms with E-state index in [0.717, 1.165) is 11.1 Å². The zero-order valence-electron chi connectivity index (χ0n) is 11.5. The first-order valence-corrected chi connectivity index (χ1v) is 6.82. The van der Waals surface area contributed by atoms with Gasteiger partial charge < -0.3 is 4.42 Å². The highest BCUT2D eigenvalue weighted by Crippen LogP contribution is 2.17. The number of rotatable bonds is 1. The summed E-state index contributed by atoms with van der Waals surface area (Å²) in [6.45, 7) is 0. The fraction of sp³-hybridized carbons (Fsp3) is 0. The van der Waals surface area contributed by atoms with Gasteiger partial charge in [-0.15, -0.1) is 0 Å². The highest BCUT2D eigenvalue weighted by atomic mass is 16.3. The van der Waals surface area contributed by atoms with Gasteiger partial charge in [-0.25, -0.2) is 4.98 Å². The quantitative estimate of drug-likeness (QED) is 0.477. The first kappa shape index (κ1) is 13.1. The molecule has 0 saturated carbocycles. The van der Waals surface area contributed by atoms with Crippen LogP contribution in [0.5, 0.6) is 0 Å². The summed E-state index contributed by atoms with van der Waals surface area (Å²) < 4.78 is 5.01. The summed E-state index contributed by atoms with van der Waals surface area (Å²) in [5.41, 5.74) is 4.31. The van der Waals surface area contributed by atoms with E-state index in [4.69, 9.17) is 4.42 Å². The van der Waals surface area contributed by atoms with Crippen LogP contribution in [0.15, 0.2) is 95.7 Å². The van der Waals surface area contributed by atoms with Gasteiger partial charge in [0, 0.05) is 0 Å². The molecule has 0 aliphatic carbocycles. The molecule has 1 aromatic heterocycles. The molecule has 0 saturated heterocycles. The Bertz CT molecular complexity index is 724. The first-order chi connectivity index (χ1) is 10.4. The van der Waals surface area contributed by atoms with Gasteiger partial charge in [0.1, 0.15) is 5.52 Å². The first-order valence-electron chi connectivity index (χ1n) is 6.82. The Hall–Kier alpha value is -2.87. The van der Waals surface area contributed by atoms with Crippen LogP contribution in [0.2, 0.25) is 0 Å². The molecule has 4 rings (SSSR count). The van der Waals surface area contributed by atoms with Crippen molar-refractivity contribution >= 4 is 11.1 Å². The summed E-state index contributed by atoms with van der Waals surface area (Å²) in [7, 11) is 0. The van der Waals surface area contributed by atoms with Crippen molar-refractivity contribution in [3.63, 3.8) is 0 Å². The van der Waals surface area contributed by atoms with Crippen LogP contribution >= 0.6 is 0 Å². The Morgan fingerprint density at radius 2 is 1.10 bits per heavy atom. The molecule has 0 bridgehead atoms. The number of aromatic nitrogens is 1. The maximum absolute atomic E-state index is 5.01. The number of benzene rings is 3. The minimum atomic E-state index is 0.845. The van der Waals surface area contributed by atoms with Crippen molar-refractivity contribution in [1.29, 1.82) is 0 Å². The third-order valence-corrected chi connectivity index (χ3v) is 3.12. The highest BCUT2D eigenvalue weighted by molar-refractivity contribution is 5.71. The zero-order valence-corrected chi connectivity index (χ0v) is 11.5. The van der Waals surface area contributed by atoms with E-state index < -0.39 is 0 Å². The van der Waals surface area contributed by atoms with E-state index in [2.05, 4.69) is 53.5 Å². The fourth-order valence-electron chi connectivity index (χ4n) is 2.06. The number of hydrogen-bond acceptors (Lipinski definition) is 2. The van der Waals surface area contributed by atoms with Gasteiger partial charge in [0.2, 0.25) is 0 Å². The van der Waals surface area contributed by atoms with Crippen LogP contribution in [-0.2, 0) is 0 Å². The minimum absolute atomic E-state index is 0.845. The van der Waals surface area contributed by atoms with Gasteiger partial charge >= 0.3 is 0 Å². The van der Waals surface area contributed by atoms with Gasteiger partial charge in [-0.2, -0.15) is 0 Å². The highest BCUT2D eigenvalue weighted by Gasteiger charge is 1.92. The van der Waals surface area contributed by atoms with Crippen molar-refractivity contribution in [1.82, 2.24) is 4.98 Å². The molecule has 2 heteroatoms. The van der Waals surface area contributed by atoms with Crippen LogP contribution < -0.4 is 0 Å². The topological polar surface area (TPSA) is 26.0 Å². The van der Waals surface area contributed by atoms with E-state index in [1.165, 1.54) is 17.5 Å². The summed E-state index contributed by atoms with van der Waals surface area (Å²) in [5.74, 6) is 0. The van der Waals surface area contributed by atoms with Gasteiger partial charge in [0.05, 0.1) is 0 Å². The largest absolute Gasteiger partial charge is 0.443 e. The van der Waals surface area contributed by atoms with Crippen LogP contribution in [0.25, 0.3) is 22.2 Å². The molecule has 0 N–H and O–H groups in total. The van der Waals surface area contributed by atoms with Gasteiger partial charge in [-0.1, -0.05) is 72.8 Å². The standard InChI is InChI=1S/C12H10.C7H5NO/c1-3-7-11(8-4-1)12-9-5-2-6-10-12;1-2-4-7-6(3-1)8-5-9-7/h1-10H;1-5H. The van der Waals surface area contributed by atoms with Gasteiger partial charge in [-0.3, -0.25) is 0 Å². The van der Waals surface area contributed by atoms with E-state index >= 15 is 0 Å². The average molecular weight is 273 g/mol. The smallest absolute Gasteiger partial charge is 0.181 e. The summed E-state index contributed by atoms with van der Waals surface area (Å²) in [5, 5.41) is 0. The molecule has 0 unspecified atom stereocenters. The maximum Gasteiger partial charge on any atom is 0.181 e. The molecule has 0 atom stereocenters. The molecular weight excluding hydrogens is 258 g/mol. The van der Waals surface area contributed by atoms with Gasteiger partial charge in [0.25, 0.3) is 0 Å². The van der Waals surface area contributed by atoms with E-state index in [9.17, 15) is 0 Å². The Balaban J connectivity index is 0.000000131. The molecule has 0 spiro atoms. The van der Waals surface area contributed by atoms with Crippen LogP contribution in [0.1, 0.15) is 0 Å². The van der Waals surface area contributed by atoms with Crippen molar-refractivity contribution in [2.45, 2.75) is 0 Å². The van der Waals surface area contributed by atoms with Gasteiger partial charge in [0.15, 0.2) is 12.0 Å². The molecular formula is C19H15NO. The van der Waals surface area contributed by atoms with Crippen LogP contribution in [0.3, 0.4) is 0 Å². The van der Waals surface area contributed by atoms with E-state index in [0.29, 0.717) is 0 Å². The number of nitrogens with zero attached hydrogens (tertiary/aromatic N) is 1. The molecule has 0 amide bonds. The second kappa shape index (κ2) is 6.53. The second-order valence-corrected chi connectivity index (χ2v) is 4.55. The molecule has 0 aliphatic heterocycles. The third-order valence-electron chi connectivity index (χ3n) is 3.12. The summed E-state index contributed by atoms with van der Waals surface area (Å²) in [4.78, 5) is 3.95. The second-order valence-electron chi connectivity index (χ2n) is 4.55. The summed E-state index contributed by atoms with van der Waals surface area (Å²) in [6.07, 6.45) is 1.45. The van der Waals surface area contributed by atoms with E-state index in [-0.39, 0.29) is 0 Å². The molecule has 1 heterocycles. The summed E-state index contributed by atoms with van der Waals surface area (Å²) >= 11 is 0. The van der Waals surface area contributed by atoms with Gasteiger partial charge in [-0.05, 0) is 23.3 Å². The Morgan fingerprint density at radius 3 is 1.67 bits per heavy atom. The zero-order chi connectivity index (χ0) is 14.3. The molecule has 0 radical (unpaired) electrons. The predicted molar refractivity (Wildman–Crippen MR) is 85.9 cm³/mol. The Morgan fingerprint density at radius 1 is 0.571 bits per heavy atom. The number of para-hydroxylation sites is 2. The molecule has 4 aromatic rings. The van der Waals surface area contributed by atoms with Crippen LogP contribution in [-0.4, -0.2) is 4.98 Å². The maximum atomic E-state index is 5.01. The monoisotopic (exact) mass is 273 g/mol. The lowest BCUT2D eigenvalue weighted by molar-refractivity contribution is 0.602. The molecule has 2 nitrogen and oxygen atoms in total. The van der Waals surface area contributed by atoms with E-state index in [1.807, 2.05) is 36.4 Å². The third kappa shape index (κ3) is 3.37. The lowest BCUT2D eigenvalue weighted by atomic mass is 10.1. The van der Waals surface area contributed by atoms with Crippen molar-refractivity contribution < 1.29 is 4.42 Å². The normalized spacial score (nSPS) is 9.90. The molecule has 102 valence electrons. The van der Waals surface area contributed by atoms with Crippen molar-refractivity contribution in [2.24, 2.45) is 0 Å². The van der Waals surface area contributed by atoms with Crippen molar-refractivity contribution in [2.75, 3.05) is 0 Å². The number of hydrogen-bond donors (Lipinski definition) is 0. The van der Waals surface area contributed by atoms with E-state index in [1.54, 1.807) is 0 Å². The Kier molecular flexibility index (Phi) is 4.08. The van der Waals surface area contributed by atoms with Crippen molar-refractivity contribution in [3.05, 3.63) is 91.3 Å². The molecule has 0 fully saturated rings. The Labute approximate surface area is 123 Å². The minimum Gasteiger partial charge on any atom is -0.443 e. The molecule has 3 aromatic carbocycles. The summed E-state index contributed by atoms with van der Waals surface area (Å²) in [6, 6.07) is 28.4. The lowest BCUT2D eigenvalue weighted by Crippen LogP contribution is -1.73. The molecule has 21 heavy (non-hydrogen) atoms. The number of fused-ring (bicyclic) bond motifs is 1. The van der Waals surface area contributed by atoms with Crippen LogP contribution in [0.4, 0.5) is 0 Å².